The maximum Gasteiger partial charge on any atom is 0.252 e. The fraction of sp³-hybridized carbons (Fsp3) is 0.360. The summed E-state index contributed by atoms with van der Waals surface area (Å²) in [6.45, 7) is 0. The largest absolute Gasteiger partial charge is 0.324 e. The summed E-state index contributed by atoms with van der Waals surface area (Å²) in [7, 11) is 0. The smallest absolute Gasteiger partial charge is 0.252 e. The van der Waals surface area contributed by atoms with E-state index in [9.17, 15) is 4.79 Å². The minimum absolute atomic E-state index is 0.0344. The number of nitrogens with zero attached hydrogens (tertiary/aromatic N) is 5. The second-order valence-corrected chi connectivity index (χ2v) is 9.05. The Bertz CT molecular complexity index is 1290. The molecule has 1 N–H and O–H groups in total. The standard InChI is InChI=1S/C25H26N6O/c32-23-12-6-19-16-26-25(28-20-7-10-21(11-8-20)30-14-2-13-27-30)29-24(19)31(23)22-9-5-17-3-1-4-18(17)15-22/h2,6-8,10-14,16-18,22H,1,3-5,9,15H2,(H,26,28,29). The molecule has 162 valence electrons. The van der Waals surface area contributed by atoms with Gasteiger partial charge in [0.05, 0.1) is 5.69 Å². The van der Waals surface area contributed by atoms with E-state index >= 15 is 0 Å². The molecule has 0 radical (unpaired) electrons. The molecule has 0 spiro atoms. The van der Waals surface area contributed by atoms with Crippen molar-refractivity contribution in [2.24, 2.45) is 11.8 Å². The Morgan fingerprint density at radius 3 is 2.69 bits per heavy atom. The minimum atomic E-state index is 0.0344. The first kappa shape index (κ1) is 19.2. The lowest BCUT2D eigenvalue weighted by Crippen LogP contribution is -2.31. The maximum atomic E-state index is 12.9. The van der Waals surface area contributed by atoms with Gasteiger partial charge in [-0.1, -0.05) is 19.3 Å². The highest BCUT2D eigenvalue weighted by molar-refractivity contribution is 5.75. The Kier molecular flexibility index (Phi) is 4.74. The number of pyridine rings is 1. The Balaban J connectivity index is 1.31. The quantitative estimate of drug-likeness (QED) is 0.504. The third-order valence-corrected chi connectivity index (χ3v) is 7.19. The zero-order valence-electron chi connectivity index (χ0n) is 17.9. The van der Waals surface area contributed by atoms with Gasteiger partial charge in [0.2, 0.25) is 5.95 Å². The highest BCUT2D eigenvalue weighted by atomic mass is 16.1. The summed E-state index contributed by atoms with van der Waals surface area (Å²) in [5.74, 6) is 2.11. The van der Waals surface area contributed by atoms with E-state index in [0.717, 1.165) is 47.1 Å². The maximum absolute atomic E-state index is 12.9. The van der Waals surface area contributed by atoms with Crippen LogP contribution in [0, 0.1) is 11.8 Å². The van der Waals surface area contributed by atoms with Crippen molar-refractivity contribution in [2.45, 2.75) is 44.6 Å². The highest BCUT2D eigenvalue weighted by Crippen LogP contribution is 2.45. The van der Waals surface area contributed by atoms with Gasteiger partial charge in [-0.2, -0.15) is 10.1 Å². The van der Waals surface area contributed by atoms with E-state index < -0.39 is 0 Å². The molecule has 0 aliphatic heterocycles. The molecule has 6 rings (SSSR count). The summed E-state index contributed by atoms with van der Waals surface area (Å²) in [5, 5.41) is 8.44. The van der Waals surface area contributed by atoms with Crippen LogP contribution in [0.15, 0.2) is 65.8 Å². The molecular weight excluding hydrogens is 400 g/mol. The van der Waals surface area contributed by atoms with Gasteiger partial charge >= 0.3 is 0 Å². The topological polar surface area (TPSA) is 77.6 Å². The number of aromatic nitrogens is 5. The predicted molar refractivity (Wildman–Crippen MR) is 124 cm³/mol. The average molecular weight is 427 g/mol. The summed E-state index contributed by atoms with van der Waals surface area (Å²) in [5.41, 5.74) is 2.63. The highest BCUT2D eigenvalue weighted by Gasteiger charge is 2.35. The molecule has 7 nitrogen and oxygen atoms in total. The Labute approximate surface area is 186 Å². The van der Waals surface area contributed by atoms with E-state index in [2.05, 4.69) is 15.4 Å². The van der Waals surface area contributed by atoms with Crippen molar-refractivity contribution in [3.8, 4) is 5.69 Å². The Hall–Kier alpha value is -3.48. The fourth-order valence-electron chi connectivity index (χ4n) is 5.61. The molecule has 0 amide bonds. The van der Waals surface area contributed by atoms with Crippen molar-refractivity contribution >= 4 is 22.7 Å². The van der Waals surface area contributed by atoms with E-state index in [1.165, 1.54) is 25.7 Å². The second kappa shape index (κ2) is 7.89. The third kappa shape index (κ3) is 3.47. The third-order valence-electron chi connectivity index (χ3n) is 7.19. The van der Waals surface area contributed by atoms with Gasteiger partial charge < -0.3 is 5.32 Å². The van der Waals surface area contributed by atoms with E-state index in [1.54, 1.807) is 18.5 Å². The van der Waals surface area contributed by atoms with Crippen molar-refractivity contribution in [2.75, 3.05) is 5.32 Å². The number of rotatable bonds is 4. The van der Waals surface area contributed by atoms with Crippen LogP contribution in [0.4, 0.5) is 11.6 Å². The number of nitrogens with one attached hydrogen (secondary N) is 1. The van der Waals surface area contributed by atoms with E-state index in [1.807, 2.05) is 51.8 Å². The van der Waals surface area contributed by atoms with Gasteiger partial charge in [0.1, 0.15) is 5.65 Å². The molecular formula is C25H26N6O. The monoisotopic (exact) mass is 426 g/mol. The first-order valence-corrected chi connectivity index (χ1v) is 11.5. The van der Waals surface area contributed by atoms with Gasteiger partial charge in [-0.3, -0.25) is 9.36 Å². The van der Waals surface area contributed by atoms with E-state index in [0.29, 0.717) is 5.95 Å². The molecule has 3 unspecified atom stereocenters. The normalized spacial score (nSPS) is 22.7. The van der Waals surface area contributed by atoms with Crippen molar-refractivity contribution in [1.29, 1.82) is 0 Å². The zero-order valence-corrected chi connectivity index (χ0v) is 17.9. The number of hydrogen-bond acceptors (Lipinski definition) is 5. The molecule has 0 saturated heterocycles. The minimum Gasteiger partial charge on any atom is -0.324 e. The molecule has 2 saturated carbocycles. The second-order valence-electron chi connectivity index (χ2n) is 9.05. The predicted octanol–water partition coefficient (Wildman–Crippen LogP) is 4.86. The van der Waals surface area contributed by atoms with Gasteiger partial charge in [-0.15, -0.1) is 0 Å². The molecule has 32 heavy (non-hydrogen) atoms. The van der Waals surface area contributed by atoms with Crippen LogP contribution in [0.5, 0.6) is 0 Å². The van der Waals surface area contributed by atoms with Crippen molar-refractivity contribution in [1.82, 2.24) is 24.3 Å². The SMILES string of the molecule is O=c1ccc2cnc(Nc3ccc(-n4cccn4)cc3)nc2n1C1CCC2CCCC2C1. The summed E-state index contributed by atoms with van der Waals surface area (Å²) in [4.78, 5) is 22.2. The lowest BCUT2D eigenvalue weighted by Gasteiger charge is -2.33. The first-order chi connectivity index (χ1) is 15.7. The molecule has 3 aromatic heterocycles. The van der Waals surface area contributed by atoms with Gasteiger partial charge in [-0.05, 0) is 67.5 Å². The molecule has 1 aromatic carbocycles. The molecule has 2 fully saturated rings. The summed E-state index contributed by atoms with van der Waals surface area (Å²) >= 11 is 0. The molecule has 3 atom stereocenters. The van der Waals surface area contributed by atoms with Crippen LogP contribution in [0.2, 0.25) is 0 Å². The van der Waals surface area contributed by atoms with E-state index in [-0.39, 0.29) is 11.6 Å². The molecule has 7 heteroatoms. The van der Waals surface area contributed by atoms with Crippen LogP contribution >= 0.6 is 0 Å². The number of hydrogen-bond donors (Lipinski definition) is 1. The van der Waals surface area contributed by atoms with Crippen LogP contribution in [-0.4, -0.2) is 24.3 Å². The zero-order chi connectivity index (χ0) is 21.5. The number of fused-ring (bicyclic) bond motifs is 2. The van der Waals surface area contributed by atoms with Crippen LogP contribution in [-0.2, 0) is 0 Å². The lowest BCUT2D eigenvalue weighted by atomic mass is 9.79. The van der Waals surface area contributed by atoms with Gasteiger partial charge in [0, 0.05) is 41.8 Å². The van der Waals surface area contributed by atoms with Crippen LogP contribution in [0.3, 0.4) is 0 Å². The van der Waals surface area contributed by atoms with Gasteiger partial charge in [0.15, 0.2) is 0 Å². The van der Waals surface area contributed by atoms with Crippen molar-refractivity contribution in [3.63, 3.8) is 0 Å². The van der Waals surface area contributed by atoms with E-state index in [4.69, 9.17) is 4.98 Å². The van der Waals surface area contributed by atoms with Crippen LogP contribution < -0.4 is 10.9 Å². The molecule has 2 aliphatic rings. The first-order valence-electron chi connectivity index (χ1n) is 11.5. The summed E-state index contributed by atoms with van der Waals surface area (Å²) in [6.07, 6.45) is 12.8. The van der Waals surface area contributed by atoms with Gasteiger partial charge in [0.25, 0.3) is 5.56 Å². The fourth-order valence-corrected chi connectivity index (χ4v) is 5.61. The lowest BCUT2D eigenvalue weighted by molar-refractivity contribution is 0.210. The molecule has 4 aromatic rings. The number of benzene rings is 1. The number of anilines is 2. The Morgan fingerprint density at radius 1 is 0.969 bits per heavy atom. The molecule has 0 bridgehead atoms. The van der Waals surface area contributed by atoms with Gasteiger partial charge in [-0.25, -0.2) is 9.67 Å². The van der Waals surface area contributed by atoms with Crippen LogP contribution in [0.25, 0.3) is 16.7 Å². The van der Waals surface area contributed by atoms with Crippen LogP contribution in [0.1, 0.15) is 44.6 Å². The Morgan fingerprint density at radius 2 is 1.84 bits per heavy atom. The summed E-state index contributed by atoms with van der Waals surface area (Å²) < 4.78 is 3.74. The molecule has 3 heterocycles. The van der Waals surface area contributed by atoms with Crippen molar-refractivity contribution in [3.05, 3.63) is 71.4 Å². The molecule has 2 aliphatic carbocycles. The summed E-state index contributed by atoms with van der Waals surface area (Å²) in [6, 6.07) is 13.5. The average Bonchev–Trinajstić information content (AvgIpc) is 3.51. The van der Waals surface area contributed by atoms with Crippen molar-refractivity contribution < 1.29 is 0 Å².